The number of ether oxygens (including phenoxy) is 2. The fourth-order valence-corrected chi connectivity index (χ4v) is 2.84. The van der Waals surface area contributed by atoms with Crippen molar-refractivity contribution in [3.05, 3.63) is 59.2 Å². The van der Waals surface area contributed by atoms with E-state index in [1.807, 2.05) is 49.4 Å². The second kappa shape index (κ2) is 9.64. The van der Waals surface area contributed by atoms with Crippen molar-refractivity contribution in [2.75, 3.05) is 26.9 Å². The molecule has 7 nitrogen and oxygen atoms in total. The molecule has 0 aromatic heterocycles. The molecular weight excluding hydrogens is 356 g/mol. The van der Waals surface area contributed by atoms with E-state index in [0.29, 0.717) is 18.9 Å². The first-order chi connectivity index (χ1) is 13.7. The molecule has 0 aliphatic carbocycles. The summed E-state index contributed by atoms with van der Waals surface area (Å²) < 4.78 is 10.8. The number of hydrogen-bond acceptors (Lipinski definition) is 4. The zero-order chi connectivity index (χ0) is 19.8. The van der Waals surface area contributed by atoms with E-state index in [0.717, 1.165) is 42.5 Å². The molecule has 148 valence electrons. The molecule has 3 N–H and O–H groups in total. The molecule has 1 heterocycles. The second-order valence-electron chi connectivity index (χ2n) is 6.34. The van der Waals surface area contributed by atoms with E-state index in [4.69, 9.17) is 9.47 Å². The average Bonchev–Trinajstić information content (AvgIpc) is 3.19. The van der Waals surface area contributed by atoms with Gasteiger partial charge in [0.2, 0.25) is 6.79 Å². The smallest absolute Gasteiger partial charge is 0.251 e. The second-order valence-corrected chi connectivity index (χ2v) is 6.34. The van der Waals surface area contributed by atoms with Crippen LogP contribution >= 0.6 is 0 Å². The number of amides is 1. The highest BCUT2D eigenvalue weighted by Crippen LogP contribution is 2.32. The van der Waals surface area contributed by atoms with Gasteiger partial charge in [-0.25, -0.2) is 4.99 Å². The molecule has 7 heteroatoms. The lowest BCUT2D eigenvalue weighted by Gasteiger charge is -2.11. The number of rotatable bonds is 7. The Labute approximate surface area is 165 Å². The van der Waals surface area contributed by atoms with Gasteiger partial charge in [-0.1, -0.05) is 18.2 Å². The Morgan fingerprint density at radius 1 is 1.04 bits per heavy atom. The number of fused-ring (bicyclic) bond motifs is 1. The van der Waals surface area contributed by atoms with Crippen LogP contribution in [0.2, 0.25) is 0 Å². The van der Waals surface area contributed by atoms with Crippen LogP contribution in [0.4, 0.5) is 0 Å². The Hall–Kier alpha value is -3.22. The molecule has 1 amide bonds. The number of hydrogen-bond donors (Lipinski definition) is 3. The summed E-state index contributed by atoms with van der Waals surface area (Å²) >= 11 is 0. The number of carbonyl (C=O) groups is 1. The predicted molar refractivity (Wildman–Crippen MR) is 109 cm³/mol. The van der Waals surface area contributed by atoms with Crippen molar-refractivity contribution in [2.45, 2.75) is 19.9 Å². The van der Waals surface area contributed by atoms with Crippen LogP contribution in [0.25, 0.3) is 0 Å². The maximum atomic E-state index is 11.6. The molecular formula is C21H26N4O3. The van der Waals surface area contributed by atoms with E-state index in [2.05, 4.69) is 20.9 Å². The van der Waals surface area contributed by atoms with Crippen molar-refractivity contribution < 1.29 is 14.3 Å². The third kappa shape index (κ3) is 5.16. The monoisotopic (exact) mass is 382 g/mol. The van der Waals surface area contributed by atoms with Crippen LogP contribution in [-0.2, 0) is 13.0 Å². The summed E-state index contributed by atoms with van der Waals surface area (Å²) in [5.41, 5.74) is 2.86. The van der Waals surface area contributed by atoms with E-state index >= 15 is 0 Å². The summed E-state index contributed by atoms with van der Waals surface area (Å²) in [5.74, 6) is 2.28. The van der Waals surface area contributed by atoms with Crippen LogP contribution in [0.15, 0.2) is 47.5 Å². The summed E-state index contributed by atoms with van der Waals surface area (Å²) in [6, 6.07) is 13.5. The molecule has 0 spiro atoms. The third-order valence-corrected chi connectivity index (χ3v) is 4.35. The first-order valence-corrected chi connectivity index (χ1v) is 9.41. The molecule has 0 bridgehead atoms. The average molecular weight is 382 g/mol. The highest BCUT2D eigenvalue weighted by molar-refractivity contribution is 5.93. The first-order valence-electron chi connectivity index (χ1n) is 9.41. The molecule has 0 saturated carbocycles. The molecule has 0 saturated heterocycles. The number of aliphatic imine (C=N–C) groups is 1. The van der Waals surface area contributed by atoms with E-state index < -0.39 is 0 Å². The lowest BCUT2D eigenvalue weighted by atomic mass is 10.1. The molecule has 28 heavy (non-hydrogen) atoms. The number of nitrogens with one attached hydrogen (secondary N) is 3. The summed E-state index contributed by atoms with van der Waals surface area (Å²) in [6.45, 7) is 4.39. The van der Waals surface area contributed by atoms with Gasteiger partial charge in [-0.05, 0) is 48.7 Å². The first kappa shape index (κ1) is 19.5. The molecule has 2 aromatic rings. The quantitative estimate of drug-likeness (QED) is 0.504. The van der Waals surface area contributed by atoms with Crippen LogP contribution in [0, 0.1) is 0 Å². The van der Waals surface area contributed by atoms with E-state index in [1.54, 1.807) is 7.05 Å². The number of guanidine groups is 1. The van der Waals surface area contributed by atoms with Crippen molar-refractivity contribution in [2.24, 2.45) is 4.99 Å². The normalized spacial score (nSPS) is 12.6. The zero-order valence-electron chi connectivity index (χ0n) is 16.2. The number of carbonyl (C=O) groups excluding carboxylic acids is 1. The minimum absolute atomic E-state index is 0.0893. The minimum Gasteiger partial charge on any atom is -0.454 e. The molecule has 1 aliphatic heterocycles. The maximum Gasteiger partial charge on any atom is 0.251 e. The standard InChI is InChI=1S/C21H26N4O3/c1-3-23-21(25-13-16-4-7-17(8-5-16)20(26)22-2)24-11-10-15-6-9-18-19(12-15)28-14-27-18/h4-9,12H,3,10-11,13-14H2,1-2H3,(H,22,26)(H2,23,24,25). The van der Waals surface area contributed by atoms with Crippen LogP contribution in [0.3, 0.4) is 0 Å². The van der Waals surface area contributed by atoms with Gasteiger partial charge in [0.15, 0.2) is 17.5 Å². The highest BCUT2D eigenvalue weighted by atomic mass is 16.7. The molecule has 0 unspecified atom stereocenters. The van der Waals surface area contributed by atoms with Gasteiger partial charge in [0.1, 0.15) is 0 Å². The molecule has 0 atom stereocenters. The highest BCUT2D eigenvalue weighted by Gasteiger charge is 2.13. The summed E-state index contributed by atoms with van der Waals surface area (Å²) in [7, 11) is 1.62. The lowest BCUT2D eigenvalue weighted by Crippen LogP contribution is -2.38. The van der Waals surface area contributed by atoms with Gasteiger partial charge in [-0.3, -0.25) is 4.79 Å². The van der Waals surface area contributed by atoms with Crippen molar-refractivity contribution >= 4 is 11.9 Å². The zero-order valence-corrected chi connectivity index (χ0v) is 16.2. The number of nitrogens with zero attached hydrogens (tertiary/aromatic N) is 1. The Balaban J connectivity index is 1.53. The SMILES string of the molecule is CCNC(=NCc1ccc(C(=O)NC)cc1)NCCc1ccc2c(c1)OCO2. The topological polar surface area (TPSA) is 84.0 Å². The van der Waals surface area contributed by atoms with E-state index in [9.17, 15) is 4.79 Å². The van der Waals surface area contributed by atoms with Gasteiger partial charge >= 0.3 is 0 Å². The lowest BCUT2D eigenvalue weighted by molar-refractivity contribution is 0.0963. The molecule has 2 aromatic carbocycles. The van der Waals surface area contributed by atoms with E-state index in [1.165, 1.54) is 5.56 Å². The predicted octanol–water partition coefficient (Wildman–Crippen LogP) is 2.07. The molecule has 3 rings (SSSR count). The van der Waals surface area contributed by atoms with Crippen molar-refractivity contribution in [3.63, 3.8) is 0 Å². The minimum atomic E-state index is -0.0893. The fraction of sp³-hybridized carbons (Fsp3) is 0.333. The largest absolute Gasteiger partial charge is 0.454 e. The maximum absolute atomic E-state index is 11.6. The van der Waals surface area contributed by atoms with Gasteiger partial charge in [-0.2, -0.15) is 0 Å². The number of benzene rings is 2. The summed E-state index contributed by atoms with van der Waals surface area (Å²) in [4.78, 5) is 16.2. The fourth-order valence-electron chi connectivity index (χ4n) is 2.84. The van der Waals surface area contributed by atoms with Crippen LogP contribution in [0.1, 0.15) is 28.4 Å². The van der Waals surface area contributed by atoms with Crippen LogP contribution < -0.4 is 25.4 Å². The van der Waals surface area contributed by atoms with Gasteiger partial charge in [0.05, 0.1) is 6.54 Å². The molecule has 0 fully saturated rings. The summed E-state index contributed by atoms with van der Waals surface area (Å²) in [6.07, 6.45) is 0.849. The summed E-state index contributed by atoms with van der Waals surface area (Å²) in [5, 5.41) is 9.21. The van der Waals surface area contributed by atoms with Crippen LogP contribution in [0.5, 0.6) is 11.5 Å². The van der Waals surface area contributed by atoms with Crippen molar-refractivity contribution in [3.8, 4) is 11.5 Å². The Morgan fingerprint density at radius 2 is 1.79 bits per heavy atom. The Bertz CT molecular complexity index is 834. The van der Waals surface area contributed by atoms with Gasteiger partial charge in [-0.15, -0.1) is 0 Å². The third-order valence-electron chi connectivity index (χ3n) is 4.35. The Kier molecular flexibility index (Phi) is 6.73. The van der Waals surface area contributed by atoms with Gasteiger partial charge in [0, 0.05) is 25.7 Å². The van der Waals surface area contributed by atoms with Crippen LogP contribution in [-0.4, -0.2) is 38.8 Å². The van der Waals surface area contributed by atoms with Gasteiger partial charge in [0.25, 0.3) is 5.91 Å². The van der Waals surface area contributed by atoms with Crippen molar-refractivity contribution in [1.82, 2.24) is 16.0 Å². The Morgan fingerprint density at radius 3 is 2.54 bits per heavy atom. The molecule has 1 aliphatic rings. The van der Waals surface area contributed by atoms with Crippen molar-refractivity contribution in [1.29, 1.82) is 0 Å². The van der Waals surface area contributed by atoms with E-state index in [-0.39, 0.29) is 5.91 Å². The van der Waals surface area contributed by atoms with Gasteiger partial charge < -0.3 is 25.4 Å². The molecule has 0 radical (unpaired) electrons.